The van der Waals surface area contributed by atoms with Crippen molar-refractivity contribution < 1.29 is 18.0 Å². The SMILES string of the molecule is Cl.Cl.O=C(Cc1csc(-c2cccc(C(F)(F)F)c2)n1)N[C@H]1CCCNC1. The van der Waals surface area contributed by atoms with Crippen LogP contribution in [0.15, 0.2) is 29.6 Å². The van der Waals surface area contributed by atoms with Crippen molar-refractivity contribution in [3.05, 3.63) is 40.9 Å². The van der Waals surface area contributed by atoms with Crippen LogP contribution in [-0.2, 0) is 17.4 Å². The van der Waals surface area contributed by atoms with Crippen molar-refractivity contribution in [3.8, 4) is 10.6 Å². The topological polar surface area (TPSA) is 54.0 Å². The third-order valence-electron chi connectivity index (χ3n) is 3.99. The van der Waals surface area contributed by atoms with E-state index in [0.29, 0.717) is 16.3 Å². The van der Waals surface area contributed by atoms with Gasteiger partial charge in [-0.15, -0.1) is 36.2 Å². The summed E-state index contributed by atoms with van der Waals surface area (Å²) in [6, 6.07) is 5.19. The lowest BCUT2D eigenvalue weighted by atomic mass is 10.1. The molecule has 150 valence electrons. The maximum Gasteiger partial charge on any atom is 0.416 e. The molecule has 2 aromatic rings. The fourth-order valence-electron chi connectivity index (χ4n) is 2.77. The molecule has 0 spiro atoms. The lowest BCUT2D eigenvalue weighted by Crippen LogP contribution is -2.46. The molecule has 1 saturated heterocycles. The van der Waals surface area contributed by atoms with E-state index in [1.807, 2.05) is 0 Å². The normalized spacial score (nSPS) is 16.8. The highest BCUT2D eigenvalue weighted by Crippen LogP contribution is 2.33. The second-order valence-electron chi connectivity index (χ2n) is 6.01. The third kappa shape index (κ3) is 6.64. The Morgan fingerprint density at radius 1 is 1.33 bits per heavy atom. The summed E-state index contributed by atoms with van der Waals surface area (Å²) in [6.45, 7) is 1.73. The Morgan fingerprint density at radius 2 is 2.11 bits per heavy atom. The van der Waals surface area contributed by atoms with Crippen LogP contribution >= 0.6 is 36.2 Å². The smallest absolute Gasteiger partial charge is 0.352 e. The number of carbonyl (C=O) groups excluding carboxylic acids is 1. The number of hydrogen-bond donors (Lipinski definition) is 2. The summed E-state index contributed by atoms with van der Waals surface area (Å²) in [7, 11) is 0. The van der Waals surface area contributed by atoms with Crippen LogP contribution in [0.5, 0.6) is 0 Å². The van der Waals surface area contributed by atoms with E-state index >= 15 is 0 Å². The molecular weight excluding hydrogens is 422 g/mol. The van der Waals surface area contributed by atoms with Crippen LogP contribution in [-0.4, -0.2) is 30.0 Å². The van der Waals surface area contributed by atoms with E-state index in [1.165, 1.54) is 17.4 Å². The van der Waals surface area contributed by atoms with Gasteiger partial charge in [-0.1, -0.05) is 12.1 Å². The standard InChI is InChI=1S/C17H18F3N3OS.2ClH/c18-17(19,20)12-4-1-3-11(7-12)16-23-14(10-25-16)8-15(24)22-13-5-2-6-21-9-13;;/h1,3-4,7,10,13,21H,2,5-6,8-9H2,(H,22,24);2*1H/t13-;;/m0../s1. The van der Waals surface area contributed by atoms with Gasteiger partial charge < -0.3 is 10.6 Å². The van der Waals surface area contributed by atoms with Crippen LogP contribution < -0.4 is 10.6 Å². The van der Waals surface area contributed by atoms with Gasteiger partial charge in [-0.25, -0.2) is 4.98 Å². The van der Waals surface area contributed by atoms with Crippen LogP contribution in [0.1, 0.15) is 24.1 Å². The average Bonchev–Trinajstić information content (AvgIpc) is 3.03. The molecule has 0 aliphatic carbocycles. The zero-order valence-corrected chi connectivity index (χ0v) is 16.7. The number of alkyl halides is 3. The molecular formula is C17H20Cl2F3N3OS. The van der Waals surface area contributed by atoms with E-state index < -0.39 is 11.7 Å². The van der Waals surface area contributed by atoms with E-state index in [2.05, 4.69) is 15.6 Å². The van der Waals surface area contributed by atoms with Crippen molar-refractivity contribution in [1.82, 2.24) is 15.6 Å². The van der Waals surface area contributed by atoms with Crippen LogP contribution in [0, 0.1) is 0 Å². The monoisotopic (exact) mass is 441 g/mol. The Labute approximate surface area is 171 Å². The Morgan fingerprint density at radius 3 is 2.78 bits per heavy atom. The number of halogens is 5. The summed E-state index contributed by atoms with van der Waals surface area (Å²) < 4.78 is 38.4. The molecule has 0 radical (unpaired) electrons. The first-order chi connectivity index (χ1) is 11.9. The van der Waals surface area contributed by atoms with Crippen molar-refractivity contribution in [1.29, 1.82) is 0 Å². The van der Waals surface area contributed by atoms with Crippen LogP contribution in [0.4, 0.5) is 13.2 Å². The van der Waals surface area contributed by atoms with Crippen LogP contribution in [0.3, 0.4) is 0 Å². The lowest BCUT2D eigenvalue weighted by molar-refractivity contribution is -0.137. The van der Waals surface area contributed by atoms with Gasteiger partial charge in [0.05, 0.1) is 17.7 Å². The predicted molar refractivity (Wildman–Crippen MR) is 105 cm³/mol. The summed E-state index contributed by atoms with van der Waals surface area (Å²) in [5, 5.41) is 8.38. The second kappa shape index (κ2) is 10.3. The summed E-state index contributed by atoms with van der Waals surface area (Å²) in [6.07, 6.45) is -2.28. The first kappa shape index (κ1) is 23.7. The number of nitrogens with zero attached hydrogens (tertiary/aromatic N) is 1. The molecule has 2 heterocycles. The third-order valence-corrected chi connectivity index (χ3v) is 4.93. The summed E-state index contributed by atoms with van der Waals surface area (Å²) in [4.78, 5) is 16.4. The molecule has 4 nitrogen and oxygen atoms in total. The molecule has 1 amide bonds. The molecule has 0 saturated carbocycles. The minimum absolute atomic E-state index is 0. The first-order valence-electron chi connectivity index (χ1n) is 8.04. The number of thiazole rings is 1. The first-order valence-corrected chi connectivity index (χ1v) is 8.92. The molecule has 0 unspecified atom stereocenters. The van der Waals surface area contributed by atoms with Gasteiger partial charge in [-0.2, -0.15) is 13.2 Å². The summed E-state index contributed by atoms with van der Waals surface area (Å²) in [5.41, 5.74) is 0.269. The van der Waals surface area contributed by atoms with Crippen molar-refractivity contribution in [2.24, 2.45) is 0 Å². The molecule has 1 aliphatic heterocycles. The quantitative estimate of drug-likeness (QED) is 0.751. The van der Waals surface area contributed by atoms with E-state index in [4.69, 9.17) is 0 Å². The minimum Gasteiger partial charge on any atom is -0.352 e. The van der Waals surface area contributed by atoms with E-state index in [1.54, 1.807) is 11.4 Å². The number of benzene rings is 1. The van der Waals surface area contributed by atoms with E-state index in [-0.39, 0.29) is 43.2 Å². The molecule has 10 heteroatoms. The molecule has 3 rings (SSSR count). The van der Waals surface area contributed by atoms with Crippen molar-refractivity contribution >= 4 is 42.1 Å². The van der Waals surface area contributed by atoms with Crippen LogP contribution in [0.25, 0.3) is 10.6 Å². The average molecular weight is 442 g/mol. The molecule has 1 aromatic carbocycles. The number of rotatable bonds is 4. The molecule has 1 fully saturated rings. The van der Waals surface area contributed by atoms with Gasteiger partial charge in [0.1, 0.15) is 5.01 Å². The number of hydrogen-bond acceptors (Lipinski definition) is 4. The predicted octanol–water partition coefficient (Wildman–Crippen LogP) is 4.08. The van der Waals surface area contributed by atoms with Gasteiger partial charge in [0.25, 0.3) is 0 Å². The molecule has 1 atom stereocenters. The van der Waals surface area contributed by atoms with E-state index in [0.717, 1.165) is 38.1 Å². The summed E-state index contributed by atoms with van der Waals surface area (Å²) >= 11 is 1.24. The number of aromatic nitrogens is 1. The number of amides is 1. The highest BCUT2D eigenvalue weighted by atomic mass is 35.5. The molecule has 0 bridgehead atoms. The molecule has 1 aromatic heterocycles. The maximum absolute atomic E-state index is 12.8. The van der Waals surface area contributed by atoms with Gasteiger partial charge >= 0.3 is 6.18 Å². The maximum atomic E-state index is 12.8. The minimum atomic E-state index is -4.38. The fraction of sp³-hybridized carbons (Fsp3) is 0.412. The molecule has 2 N–H and O–H groups in total. The van der Waals surface area contributed by atoms with Crippen LogP contribution in [0.2, 0.25) is 0 Å². The molecule has 1 aliphatic rings. The highest BCUT2D eigenvalue weighted by Gasteiger charge is 2.30. The van der Waals surface area contributed by atoms with Gasteiger partial charge in [-0.05, 0) is 31.5 Å². The van der Waals surface area contributed by atoms with Crippen molar-refractivity contribution in [3.63, 3.8) is 0 Å². The Hall–Kier alpha value is -1.35. The second-order valence-corrected chi connectivity index (χ2v) is 6.87. The lowest BCUT2D eigenvalue weighted by Gasteiger charge is -2.23. The Bertz CT molecular complexity index is 749. The number of nitrogens with one attached hydrogen (secondary N) is 2. The summed E-state index contributed by atoms with van der Waals surface area (Å²) in [5.74, 6) is -0.116. The van der Waals surface area contributed by atoms with Crippen molar-refractivity contribution in [2.45, 2.75) is 31.5 Å². The zero-order chi connectivity index (χ0) is 17.9. The number of piperidine rings is 1. The van der Waals surface area contributed by atoms with Gasteiger partial charge in [-0.3, -0.25) is 4.79 Å². The Balaban J connectivity index is 0.00000182. The highest BCUT2D eigenvalue weighted by molar-refractivity contribution is 7.13. The Kier molecular flexibility index (Phi) is 9.01. The molecule has 27 heavy (non-hydrogen) atoms. The van der Waals surface area contributed by atoms with E-state index in [9.17, 15) is 18.0 Å². The largest absolute Gasteiger partial charge is 0.416 e. The fourth-order valence-corrected chi connectivity index (χ4v) is 3.58. The van der Waals surface area contributed by atoms with Gasteiger partial charge in [0.15, 0.2) is 0 Å². The van der Waals surface area contributed by atoms with Gasteiger partial charge in [0.2, 0.25) is 5.91 Å². The van der Waals surface area contributed by atoms with Gasteiger partial charge in [0, 0.05) is 23.5 Å². The van der Waals surface area contributed by atoms with Crippen molar-refractivity contribution in [2.75, 3.05) is 13.1 Å². The zero-order valence-electron chi connectivity index (χ0n) is 14.2. The number of carbonyl (C=O) groups is 1.